The third-order valence-corrected chi connectivity index (χ3v) is 8.19. The van der Waals surface area contributed by atoms with Gasteiger partial charge in [0.25, 0.3) is 5.91 Å². The molecule has 1 N–H and O–H groups in total. The van der Waals surface area contributed by atoms with Crippen molar-refractivity contribution in [2.45, 2.75) is 45.3 Å². The lowest BCUT2D eigenvalue weighted by Gasteiger charge is -2.21. The van der Waals surface area contributed by atoms with E-state index in [-0.39, 0.29) is 24.5 Å². The van der Waals surface area contributed by atoms with Gasteiger partial charge in [-0.15, -0.1) is 0 Å². The topological polar surface area (TPSA) is 77.1 Å². The van der Waals surface area contributed by atoms with Crippen LogP contribution in [0.25, 0.3) is 0 Å². The summed E-state index contributed by atoms with van der Waals surface area (Å²) in [5.41, 5.74) is 1.64. The summed E-state index contributed by atoms with van der Waals surface area (Å²) >= 11 is 0. The third-order valence-electron chi connectivity index (χ3n) is 8.19. The number of carbonyl (C=O) groups is 2. The highest BCUT2D eigenvalue weighted by molar-refractivity contribution is 5.94. The molecule has 2 fully saturated rings. The molecule has 1 heterocycles. The highest BCUT2D eigenvalue weighted by Crippen LogP contribution is 2.45. The first kappa shape index (κ1) is 31.4. The molecular weight excluding hydrogens is 573 g/mol. The summed E-state index contributed by atoms with van der Waals surface area (Å²) in [6.45, 7) is 8.16. The summed E-state index contributed by atoms with van der Waals surface area (Å²) in [5.74, 6) is -2.51. The Morgan fingerprint density at radius 3 is 2.18 bits per heavy atom. The number of benzene rings is 3. The van der Waals surface area contributed by atoms with E-state index in [0.29, 0.717) is 62.2 Å². The van der Waals surface area contributed by atoms with Gasteiger partial charge >= 0.3 is 5.97 Å². The number of nitrogens with zero attached hydrogens (tertiary/aromatic N) is 1. The first-order chi connectivity index (χ1) is 21.1. The molecule has 1 saturated heterocycles. The zero-order valence-electron chi connectivity index (χ0n) is 25.0. The molecule has 7 nitrogen and oxygen atoms in total. The fourth-order valence-corrected chi connectivity index (χ4v) is 5.69. The summed E-state index contributed by atoms with van der Waals surface area (Å²) < 4.78 is 57.9. The molecule has 1 unspecified atom stereocenters. The molecule has 1 amide bonds. The SMILES string of the molecule is CCOC(=O)[C@H](Cc1ccc(OCCN[C@H]2C3CN(C(=O)c4cc(F)c(F)cc4F)C[C@@H]32)cc1)Oc1ccc(C(C)C)cc1. The van der Waals surface area contributed by atoms with Crippen molar-refractivity contribution in [3.05, 3.63) is 94.8 Å². The minimum absolute atomic E-state index is 0.223. The van der Waals surface area contributed by atoms with Crippen molar-refractivity contribution >= 4 is 11.9 Å². The molecule has 2 aliphatic rings. The van der Waals surface area contributed by atoms with Crippen LogP contribution < -0.4 is 14.8 Å². The fraction of sp³-hybridized carbons (Fsp3) is 0.412. The number of piperidine rings is 1. The van der Waals surface area contributed by atoms with E-state index < -0.39 is 41.0 Å². The van der Waals surface area contributed by atoms with Gasteiger partial charge < -0.3 is 24.4 Å². The van der Waals surface area contributed by atoms with Gasteiger partial charge in [0.2, 0.25) is 0 Å². The van der Waals surface area contributed by atoms with Crippen molar-refractivity contribution in [3.63, 3.8) is 0 Å². The summed E-state index contributed by atoms with van der Waals surface area (Å²) in [6.07, 6.45) is -0.435. The van der Waals surface area contributed by atoms with Gasteiger partial charge in [0.05, 0.1) is 12.2 Å². The normalized spacial score (nSPS) is 19.4. The van der Waals surface area contributed by atoms with Crippen molar-refractivity contribution in [2.75, 3.05) is 32.8 Å². The van der Waals surface area contributed by atoms with Crippen LogP contribution in [0.5, 0.6) is 11.5 Å². The lowest BCUT2D eigenvalue weighted by Crippen LogP contribution is -2.37. The molecule has 1 saturated carbocycles. The molecule has 10 heteroatoms. The van der Waals surface area contributed by atoms with Gasteiger partial charge in [0.1, 0.15) is 23.9 Å². The number of ether oxygens (including phenoxy) is 3. The van der Waals surface area contributed by atoms with Crippen LogP contribution in [0.4, 0.5) is 13.2 Å². The second kappa shape index (κ2) is 13.7. The number of halogens is 3. The second-order valence-electron chi connectivity index (χ2n) is 11.5. The van der Waals surface area contributed by atoms with Crippen LogP contribution in [0.1, 0.15) is 48.2 Å². The molecule has 0 spiro atoms. The van der Waals surface area contributed by atoms with E-state index in [4.69, 9.17) is 14.2 Å². The molecule has 0 bridgehead atoms. The van der Waals surface area contributed by atoms with E-state index in [0.717, 1.165) is 5.56 Å². The number of fused-ring (bicyclic) bond motifs is 1. The Balaban J connectivity index is 1.05. The fourth-order valence-electron chi connectivity index (χ4n) is 5.69. The number of amides is 1. The molecular formula is C34H37F3N2O5. The van der Waals surface area contributed by atoms with Gasteiger partial charge in [-0.3, -0.25) is 4.79 Å². The number of likely N-dealkylation sites (tertiary alicyclic amines) is 1. The van der Waals surface area contributed by atoms with Crippen molar-refractivity contribution in [1.29, 1.82) is 0 Å². The van der Waals surface area contributed by atoms with E-state index >= 15 is 0 Å². The highest BCUT2D eigenvalue weighted by Gasteiger charge is 2.56. The quantitative estimate of drug-likeness (QED) is 0.156. The lowest BCUT2D eigenvalue weighted by atomic mass is 10.0. The molecule has 234 valence electrons. The average Bonchev–Trinajstić information content (AvgIpc) is 3.44. The summed E-state index contributed by atoms with van der Waals surface area (Å²) in [6, 6.07) is 16.5. The zero-order valence-corrected chi connectivity index (χ0v) is 25.0. The molecule has 3 aromatic rings. The van der Waals surface area contributed by atoms with Crippen molar-refractivity contribution in [1.82, 2.24) is 10.2 Å². The number of esters is 1. The molecule has 5 rings (SSSR count). The van der Waals surface area contributed by atoms with E-state index in [1.165, 1.54) is 10.5 Å². The second-order valence-corrected chi connectivity index (χ2v) is 11.5. The monoisotopic (exact) mass is 610 g/mol. The van der Waals surface area contributed by atoms with Gasteiger partial charge in [-0.1, -0.05) is 38.1 Å². The van der Waals surface area contributed by atoms with Crippen molar-refractivity contribution < 1.29 is 37.0 Å². The third kappa shape index (κ3) is 7.35. The Labute approximate surface area is 255 Å². The summed E-state index contributed by atoms with van der Waals surface area (Å²) in [4.78, 5) is 26.7. The zero-order chi connectivity index (χ0) is 31.4. The van der Waals surface area contributed by atoms with Crippen LogP contribution in [0, 0.1) is 29.3 Å². The Morgan fingerprint density at radius 2 is 1.55 bits per heavy atom. The molecule has 1 aliphatic carbocycles. The first-order valence-electron chi connectivity index (χ1n) is 15.0. The van der Waals surface area contributed by atoms with Crippen LogP contribution in [-0.2, 0) is 16.0 Å². The van der Waals surface area contributed by atoms with E-state index in [2.05, 4.69) is 19.2 Å². The maximum absolute atomic E-state index is 14.0. The minimum atomic E-state index is -1.32. The number of hydrogen-bond acceptors (Lipinski definition) is 6. The molecule has 4 atom stereocenters. The Morgan fingerprint density at radius 1 is 0.909 bits per heavy atom. The first-order valence-corrected chi connectivity index (χ1v) is 15.0. The van der Waals surface area contributed by atoms with E-state index in [1.54, 1.807) is 6.92 Å². The molecule has 1 aliphatic heterocycles. The molecule has 3 aromatic carbocycles. The van der Waals surface area contributed by atoms with Crippen molar-refractivity contribution in [2.24, 2.45) is 11.8 Å². The van der Waals surface area contributed by atoms with Crippen LogP contribution >= 0.6 is 0 Å². The summed E-state index contributed by atoms with van der Waals surface area (Å²) in [7, 11) is 0. The van der Waals surface area contributed by atoms with Crippen molar-refractivity contribution in [3.8, 4) is 11.5 Å². The Hall–Kier alpha value is -4.05. The number of rotatable bonds is 13. The Kier molecular flexibility index (Phi) is 9.78. The smallest absolute Gasteiger partial charge is 0.347 e. The number of hydrogen-bond donors (Lipinski definition) is 1. The maximum atomic E-state index is 14.0. The van der Waals surface area contributed by atoms with Gasteiger partial charge in [0, 0.05) is 38.2 Å². The highest BCUT2D eigenvalue weighted by atomic mass is 19.2. The van der Waals surface area contributed by atoms with Crippen LogP contribution in [0.3, 0.4) is 0 Å². The lowest BCUT2D eigenvalue weighted by molar-refractivity contribution is -0.151. The summed E-state index contributed by atoms with van der Waals surface area (Å²) in [5, 5.41) is 3.44. The van der Waals surface area contributed by atoms with Gasteiger partial charge in [-0.2, -0.15) is 0 Å². The standard InChI is InChI=1S/C34H37F3N2O5/c1-4-42-34(41)31(44-24-11-7-22(8-12-24)20(2)3)15-21-5-9-23(10-6-21)43-14-13-38-32-26-18-39(19-27(26)32)33(40)25-16-29(36)30(37)17-28(25)35/h5-12,16-17,20,26-27,31-32,38H,4,13-15,18-19H2,1-3H3/t26-,27?,31-,32+/m0/s1. The van der Waals surface area contributed by atoms with Crippen LogP contribution in [0.2, 0.25) is 0 Å². The van der Waals surface area contributed by atoms with Gasteiger partial charge in [0.15, 0.2) is 17.7 Å². The number of carbonyl (C=O) groups excluding carboxylic acids is 2. The van der Waals surface area contributed by atoms with Gasteiger partial charge in [-0.05, 0) is 66.1 Å². The van der Waals surface area contributed by atoms with E-state index in [9.17, 15) is 22.8 Å². The minimum Gasteiger partial charge on any atom is -0.492 e. The largest absolute Gasteiger partial charge is 0.492 e. The number of nitrogens with one attached hydrogen (secondary N) is 1. The Bertz CT molecular complexity index is 1450. The van der Waals surface area contributed by atoms with Crippen LogP contribution in [-0.4, -0.2) is 61.8 Å². The average molecular weight is 611 g/mol. The maximum Gasteiger partial charge on any atom is 0.347 e. The predicted molar refractivity (Wildman–Crippen MR) is 158 cm³/mol. The molecule has 0 aromatic heterocycles. The van der Waals surface area contributed by atoms with E-state index in [1.807, 2.05) is 48.5 Å². The van der Waals surface area contributed by atoms with Gasteiger partial charge in [-0.25, -0.2) is 18.0 Å². The van der Waals surface area contributed by atoms with Crippen LogP contribution in [0.15, 0.2) is 60.7 Å². The molecule has 0 radical (unpaired) electrons. The predicted octanol–water partition coefficient (Wildman–Crippen LogP) is 5.52. The molecule has 44 heavy (non-hydrogen) atoms.